The van der Waals surface area contributed by atoms with Gasteiger partial charge in [-0.1, -0.05) is 11.8 Å². The number of hydrogen-bond acceptors (Lipinski definition) is 9. The summed E-state index contributed by atoms with van der Waals surface area (Å²) in [7, 11) is 0. The highest BCUT2D eigenvalue weighted by atomic mass is 32.2. The van der Waals surface area contributed by atoms with Crippen molar-refractivity contribution in [2.45, 2.75) is 11.7 Å². The first-order valence-corrected chi connectivity index (χ1v) is 10.9. The molecule has 2 aromatic heterocycles. The molecule has 0 atom stereocenters. The Labute approximate surface area is 181 Å². The molecule has 3 heterocycles. The molecule has 1 aliphatic heterocycles. The number of nitrogens with zero attached hydrogens (tertiary/aromatic N) is 6. The van der Waals surface area contributed by atoms with Crippen LogP contribution in [0.5, 0.6) is 0 Å². The molecule has 3 aromatic rings. The van der Waals surface area contributed by atoms with Crippen LogP contribution in [-0.4, -0.2) is 69.7 Å². The Kier molecular flexibility index (Phi) is 6.28. The van der Waals surface area contributed by atoms with E-state index in [4.69, 9.17) is 4.74 Å². The summed E-state index contributed by atoms with van der Waals surface area (Å²) in [5.41, 5.74) is 1.02. The number of hydrogen-bond donors (Lipinski definition) is 1. The molecule has 0 spiro atoms. The lowest BCUT2D eigenvalue weighted by Gasteiger charge is -2.28. The highest BCUT2D eigenvalue weighted by molar-refractivity contribution is 7.98. The van der Waals surface area contributed by atoms with E-state index in [1.165, 1.54) is 36.0 Å². The SMILES string of the molecule is CSc1nc(N2CCOCC2)c2cnn(CCNC(=O)c3ccc([N+](=O)[O-])cc3)c2n1. The van der Waals surface area contributed by atoms with Crippen molar-refractivity contribution in [1.29, 1.82) is 0 Å². The Morgan fingerprint density at radius 1 is 1.26 bits per heavy atom. The van der Waals surface area contributed by atoms with Crippen LogP contribution in [0.2, 0.25) is 0 Å². The normalized spacial score (nSPS) is 14.0. The molecular weight excluding hydrogens is 422 g/mol. The largest absolute Gasteiger partial charge is 0.378 e. The maximum atomic E-state index is 12.3. The van der Waals surface area contributed by atoms with E-state index in [1.54, 1.807) is 10.9 Å². The maximum Gasteiger partial charge on any atom is 0.269 e. The zero-order valence-corrected chi connectivity index (χ0v) is 17.7. The topological polar surface area (TPSA) is 128 Å². The summed E-state index contributed by atoms with van der Waals surface area (Å²) in [6, 6.07) is 5.49. The van der Waals surface area contributed by atoms with E-state index in [0.717, 1.165) is 24.3 Å². The summed E-state index contributed by atoms with van der Waals surface area (Å²) in [4.78, 5) is 34.0. The fourth-order valence-electron chi connectivity index (χ4n) is 3.30. The summed E-state index contributed by atoms with van der Waals surface area (Å²) in [5.74, 6) is 0.540. The number of non-ortho nitro benzene ring substituents is 1. The van der Waals surface area contributed by atoms with E-state index in [2.05, 4.69) is 25.3 Å². The average molecular weight is 443 g/mol. The van der Waals surface area contributed by atoms with Gasteiger partial charge in [0.25, 0.3) is 11.6 Å². The van der Waals surface area contributed by atoms with Crippen LogP contribution in [0.4, 0.5) is 11.5 Å². The van der Waals surface area contributed by atoms with Gasteiger partial charge in [-0.3, -0.25) is 14.9 Å². The Morgan fingerprint density at radius 2 is 2.00 bits per heavy atom. The van der Waals surface area contributed by atoms with Gasteiger partial charge in [-0.15, -0.1) is 0 Å². The molecule has 0 unspecified atom stereocenters. The van der Waals surface area contributed by atoms with Crippen molar-refractivity contribution in [2.75, 3.05) is 44.0 Å². The van der Waals surface area contributed by atoms with Crippen LogP contribution in [0.3, 0.4) is 0 Å². The van der Waals surface area contributed by atoms with Gasteiger partial charge in [-0.25, -0.2) is 14.6 Å². The summed E-state index contributed by atoms with van der Waals surface area (Å²) in [6.45, 7) is 3.59. The number of rotatable bonds is 7. The van der Waals surface area contributed by atoms with Gasteiger partial charge in [-0.05, 0) is 18.4 Å². The Bertz CT molecular complexity index is 1100. The molecule has 0 aliphatic carbocycles. The monoisotopic (exact) mass is 443 g/mol. The third-order valence-electron chi connectivity index (χ3n) is 4.90. The average Bonchev–Trinajstić information content (AvgIpc) is 3.21. The number of anilines is 1. The van der Waals surface area contributed by atoms with E-state index in [9.17, 15) is 14.9 Å². The predicted octanol–water partition coefficient (Wildman–Crippen LogP) is 1.72. The van der Waals surface area contributed by atoms with Crippen LogP contribution >= 0.6 is 11.8 Å². The second kappa shape index (κ2) is 9.27. The van der Waals surface area contributed by atoms with Gasteiger partial charge in [0, 0.05) is 37.3 Å². The lowest BCUT2D eigenvalue weighted by Crippen LogP contribution is -2.37. The fourth-order valence-corrected chi connectivity index (χ4v) is 3.66. The van der Waals surface area contributed by atoms with Crippen LogP contribution in [0.15, 0.2) is 35.6 Å². The lowest BCUT2D eigenvalue weighted by atomic mass is 10.2. The van der Waals surface area contributed by atoms with E-state index in [-0.39, 0.29) is 11.6 Å². The van der Waals surface area contributed by atoms with Crippen LogP contribution in [-0.2, 0) is 11.3 Å². The summed E-state index contributed by atoms with van der Waals surface area (Å²) in [5, 5.41) is 19.5. The molecule has 12 heteroatoms. The van der Waals surface area contributed by atoms with E-state index in [1.807, 2.05) is 6.26 Å². The van der Waals surface area contributed by atoms with Gasteiger partial charge in [0.15, 0.2) is 10.8 Å². The molecule has 1 fully saturated rings. The third-order valence-corrected chi connectivity index (χ3v) is 5.45. The second-order valence-corrected chi connectivity index (χ2v) is 7.57. The molecule has 4 rings (SSSR count). The molecule has 31 heavy (non-hydrogen) atoms. The molecule has 1 amide bonds. The van der Waals surface area contributed by atoms with Crippen LogP contribution in [0, 0.1) is 10.1 Å². The summed E-state index contributed by atoms with van der Waals surface area (Å²) >= 11 is 1.46. The number of nitro groups is 1. The first kappa shape index (κ1) is 21.0. The number of carbonyl (C=O) groups excluding carboxylic acids is 1. The standard InChI is InChI=1S/C19H21N7O4S/c1-31-19-22-16(24-8-10-30-11-9-24)15-12-21-25(17(15)23-19)7-6-20-18(27)13-2-4-14(5-3-13)26(28)29/h2-5,12H,6-11H2,1H3,(H,20,27). The maximum absolute atomic E-state index is 12.3. The van der Waals surface area contributed by atoms with E-state index >= 15 is 0 Å². The van der Waals surface area contributed by atoms with Gasteiger partial charge in [0.05, 0.1) is 36.3 Å². The molecule has 162 valence electrons. The quantitative estimate of drug-likeness (QED) is 0.251. The minimum atomic E-state index is -0.500. The number of morpholine rings is 1. The molecule has 11 nitrogen and oxygen atoms in total. The number of thioether (sulfide) groups is 1. The molecular formula is C19H21N7O4S. The van der Waals surface area contributed by atoms with E-state index < -0.39 is 4.92 Å². The number of ether oxygens (including phenoxy) is 1. The van der Waals surface area contributed by atoms with E-state index in [0.29, 0.717) is 42.7 Å². The van der Waals surface area contributed by atoms with Crippen molar-refractivity contribution in [2.24, 2.45) is 0 Å². The first-order valence-electron chi connectivity index (χ1n) is 9.69. The van der Waals surface area contributed by atoms with Crippen molar-refractivity contribution < 1.29 is 14.5 Å². The molecule has 1 N–H and O–H groups in total. The Morgan fingerprint density at radius 3 is 2.68 bits per heavy atom. The number of benzene rings is 1. The number of fused-ring (bicyclic) bond motifs is 1. The van der Waals surface area contributed by atoms with Crippen molar-refractivity contribution in [3.63, 3.8) is 0 Å². The van der Waals surface area contributed by atoms with Gasteiger partial charge in [0.2, 0.25) is 0 Å². The van der Waals surface area contributed by atoms with Crippen molar-refractivity contribution in [3.05, 3.63) is 46.1 Å². The van der Waals surface area contributed by atoms with Crippen LogP contribution in [0.25, 0.3) is 11.0 Å². The van der Waals surface area contributed by atoms with Crippen LogP contribution in [0.1, 0.15) is 10.4 Å². The molecule has 1 saturated heterocycles. The fraction of sp³-hybridized carbons (Fsp3) is 0.368. The number of carbonyl (C=O) groups is 1. The minimum absolute atomic E-state index is 0.0556. The summed E-state index contributed by atoms with van der Waals surface area (Å²) in [6.07, 6.45) is 3.68. The van der Waals surface area contributed by atoms with Gasteiger partial charge in [0.1, 0.15) is 5.82 Å². The zero-order valence-electron chi connectivity index (χ0n) is 16.9. The number of aromatic nitrogens is 4. The van der Waals surface area contributed by atoms with Crippen molar-refractivity contribution in [1.82, 2.24) is 25.1 Å². The molecule has 0 saturated carbocycles. The lowest BCUT2D eigenvalue weighted by molar-refractivity contribution is -0.384. The van der Waals surface area contributed by atoms with Gasteiger partial charge < -0.3 is 15.0 Å². The first-order chi connectivity index (χ1) is 15.1. The predicted molar refractivity (Wildman–Crippen MR) is 116 cm³/mol. The van der Waals surface area contributed by atoms with Crippen molar-refractivity contribution in [3.8, 4) is 0 Å². The number of amides is 1. The van der Waals surface area contributed by atoms with Crippen molar-refractivity contribution >= 4 is 40.2 Å². The molecule has 0 radical (unpaired) electrons. The van der Waals surface area contributed by atoms with Gasteiger partial charge >= 0.3 is 0 Å². The van der Waals surface area contributed by atoms with Crippen LogP contribution < -0.4 is 10.2 Å². The second-order valence-electron chi connectivity index (χ2n) is 6.80. The highest BCUT2D eigenvalue weighted by Gasteiger charge is 2.20. The zero-order chi connectivity index (χ0) is 21.8. The minimum Gasteiger partial charge on any atom is -0.378 e. The molecule has 1 aliphatic rings. The number of nitrogens with one attached hydrogen (secondary N) is 1. The molecule has 0 bridgehead atoms. The van der Waals surface area contributed by atoms with Gasteiger partial charge in [-0.2, -0.15) is 5.10 Å². The third kappa shape index (κ3) is 4.59. The highest BCUT2D eigenvalue weighted by Crippen LogP contribution is 2.27. The Hall–Kier alpha value is -3.25. The number of nitro benzene ring substituents is 1. The Balaban J connectivity index is 1.47. The molecule has 1 aromatic carbocycles. The summed E-state index contributed by atoms with van der Waals surface area (Å²) < 4.78 is 7.19. The smallest absolute Gasteiger partial charge is 0.269 e.